The summed E-state index contributed by atoms with van der Waals surface area (Å²) in [6, 6.07) is 0. The second kappa shape index (κ2) is 13.6. The lowest BCUT2D eigenvalue weighted by molar-refractivity contribution is -0.145. The zero-order valence-electron chi connectivity index (χ0n) is 14.9. The fourth-order valence-corrected chi connectivity index (χ4v) is 1.91. The summed E-state index contributed by atoms with van der Waals surface area (Å²) in [6.45, 7) is 9.17. The summed E-state index contributed by atoms with van der Waals surface area (Å²) in [4.78, 5) is 22.8. The maximum Gasteiger partial charge on any atom is 0.305 e. The molecular weight excluding hydrogens is 280 g/mol. The monoisotopic (exact) mass is 314 g/mol. The SMILES string of the molecule is CC(C)COC(=O)CCCCCCCCC(=O)OCC(C)C. The molecule has 0 atom stereocenters. The smallest absolute Gasteiger partial charge is 0.305 e. The van der Waals surface area contributed by atoms with Crippen LogP contribution in [0.4, 0.5) is 0 Å². The second-order valence-corrected chi connectivity index (χ2v) is 6.78. The number of hydrogen-bond donors (Lipinski definition) is 0. The third kappa shape index (κ3) is 15.3. The first-order chi connectivity index (χ1) is 10.4. The molecule has 22 heavy (non-hydrogen) atoms. The minimum atomic E-state index is -0.0819. The van der Waals surface area contributed by atoms with Crippen molar-refractivity contribution in [3.8, 4) is 0 Å². The van der Waals surface area contributed by atoms with Gasteiger partial charge >= 0.3 is 11.9 Å². The minimum absolute atomic E-state index is 0.0819. The van der Waals surface area contributed by atoms with Crippen LogP contribution in [0.3, 0.4) is 0 Å². The maximum atomic E-state index is 11.4. The van der Waals surface area contributed by atoms with E-state index in [4.69, 9.17) is 9.47 Å². The standard InChI is InChI=1S/C18H34O4/c1-15(2)13-21-17(19)11-9-7-5-6-8-10-12-18(20)22-14-16(3)4/h15-16H,5-14H2,1-4H3. The highest BCUT2D eigenvalue weighted by Crippen LogP contribution is 2.10. The van der Waals surface area contributed by atoms with Gasteiger partial charge in [-0.25, -0.2) is 0 Å². The average molecular weight is 314 g/mol. The normalized spacial score (nSPS) is 11.0. The van der Waals surface area contributed by atoms with E-state index in [9.17, 15) is 9.59 Å². The van der Waals surface area contributed by atoms with Gasteiger partial charge in [-0.2, -0.15) is 0 Å². The predicted molar refractivity (Wildman–Crippen MR) is 88.5 cm³/mol. The van der Waals surface area contributed by atoms with Crippen LogP contribution in [0.15, 0.2) is 0 Å². The summed E-state index contributed by atoms with van der Waals surface area (Å²) in [6.07, 6.45) is 7.16. The Morgan fingerprint density at radius 1 is 0.636 bits per heavy atom. The van der Waals surface area contributed by atoms with E-state index in [2.05, 4.69) is 0 Å². The minimum Gasteiger partial charge on any atom is -0.465 e. The van der Waals surface area contributed by atoms with Crippen LogP contribution in [0.2, 0.25) is 0 Å². The fourth-order valence-electron chi connectivity index (χ4n) is 1.91. The molecule has 0 aromatic heterocycles. The van der Waals surface area contributed by atoms with Crippen LogP contribution in [0, 0.1) is 11.8 Å². The topological polar surface area (TPSA) is 52.6 Å². The van der Waals surface area contributed by atoms with E-state index >= 15 is 0 Å². The Balaban J connectivity index is 3.30. The van der Waals surface area contributed by atoms with Gasteiger partial charge in [-0.05, 0) is 24.7 Å². The summed E-state index contributed by atoms with van der Waals surface area (Å²) in [7, 11) is 0. The van der Waals surface area contributed by atoms with E-state index in [1.54, 1.807) is 0 Å². The third-order valence-electron chi connectivity index (χ3n) is 3.17. The summed E-state index contributed by atoms with van der Waals surface area (Å²) < 4.78 is 10.2. The number of hydrogen-bond acceptors (Lipinski definition) is 4. The molecule has 0 aliphatic heterocycles. The number of rotatable bonds is 13. The van der Waals surface area contributed by atoms with Crippen molar-refractivity contribution in [3.05, 3.63) is 0 Å². The fraction of sp³-hybridized carbons (Fsp3) is 0.889. The molecule has 0 radical (unpaired) electrons. The van der Waals surface area contributed by atoms with Crippen LogP contribution in [0.5, 0.6) is 0 Å². The first-order valence-corrected chi connectivity index (χ1v) is 8.73. The van der Waals surface area contributed by atoms with Gasteiger partial charge < -0.3 is 9.47 Å². The van der Waals surface area contributed by atoms with Crippen molar-refractivity contribution >= 4 is 11.9 Å². The highest BCUT2D eigenvalue weighted by atomic mass is 16.5. The van der Waals surface area contributed by atoms with Crippen LogP contribution < -0.4 is 0 Å². The molecule has 0 heterocycles. The molecule has 0 unspecified atom stereocenters. The Morgan fingerprint density at radius 3 is 1.27 bits per heavy atom. The zero-order chi connectivity index (χ0) is 16.8. The Bertz CT molecular complexity index is 267. The molecule has 0 aromatic rings. The van der Waals surface area contributed by atoms with Gasteiger partial charge in [-0.15, -0.1) is 0 Å². The predicted octanol–water partition coefficient (Wildman–Crippen LogP) is 4.51. The van der Waals surface area contributed by atoms with E-state index in [1.807, 2.05) is 27.7 Å². The first kappa shape index (κ1) is 20.9. The van der Waals surface area contributed by atoms with Crippen LogP contribution in [-0.2, 0) is 19.1 Å². The van der Waals surface area contributed by atoms with Crippen molar-refractivity contribution in [2.45, 2.75) is 79.1 Å². The maximum absolute atomic E-state index is 11.4. The molecular formula is C18H34O4. The molecule has 0 fully saturated rings. The summed E-state index contributed by atoms with van der Waals surface area (Å²) >= 11 is 0. The summed E-state index contributed by atoms with van der Waals surface area (Å²) in [5, 5.41) is 0. The van der Waals surface area contributed by atoms with Gasteiger partial charge in [0.1, 0.15) is 0 Å². The molecule has 0 aliphatic rings. The van der Waals surface area contributed by atoms with E-state index in [0.717, 1.165) is 38.5 Å². The lowest BCUT2D eigenvalue weighted by Gasteiger charge is -2.07. The number of ether oxygens (including phenoxy) is 2. The lowest BCUT2D eigenvalue weighted by Crippen LogP contribution is -2.09. The van der Waals surface area contributed by atoms with Gasteiger partial charge in [0.05, 0.1) is 13.2 Å². The quantitative estimate of drug-likeness (QED) is 0.371. The largest absolute Gasteiger partial charge is 0.465 e. The second-order valence-electron chi connectivity index (χ2n) is 6.78. The van der Waals surface area contributed by atoms with Crippen molar-refractivity contribution < 1.29 is 19.1 Å². The van der Waals surface area contributed by atoms with Crippen LogP contribution in [0.25, 0.3) is 0 Å². The van der Waals surface area contributed by atoms with Gasteiger partial charge in [0.15, 0.2) is 0 Å². The van der Waals surface area contributed by atoms with Crippen molar-refractivity contribution in [1.29, 1.82) is 0 Å². The number of carbonyl (C=O) groups excluding carboxylic acids is 2. The Kier molecular flexibility index (Phi) is 12.9. The van der Waals surface area contributed by atoms with Crippen LogP contribution in [-0.4, -0.2) is 25.2 Å². The molecule has 0 amide bonds. The molecule has 0 rings (SSSR count). The van der Waals surface area contributed by atoms with E-state index in [-0.39, 0.29) is 11.9 Å². The zero-order valence-corrected chi connectivity index (χ0v) is 14.9. The Labute approximate surface area is 135 Å². The van der Waals surface area contributed by atoms with Crippen molar-refractivity contribution in [2.24, 2.45) is 11.8 Å². The van der Waals surface area contributed by atoms with Gasteiger partial charge in [-0.1, -0.05) is 53.4 Å². The van der Waals surface area contributed by atoms with E-state index in [1.165, 1.54) is 0 Å². The van der Waals surface area contributed by atoms with Gasteiger partial charge in [0.2, 0.25) is 0 Å². The third-order valence-corrected chi connectivity index (χ3v) is 3.17. The molecule has 0 aliphatic carbocycles. The molecule has 0 bridgehead atoms. The van der Waals surface area contributed by atoms with Gasteiger partial charge in [0.25, 0.3) is 0 Å². The van der Waals surface area contributed by atoms with Crippen LogP contribution >= 0.6 is 0 Å². The number of carbonyl (C=O) groups is 2. The van der Waals surface area contributed by atoms with Gasteiger partial charge in [-0.3, -0.25) is 9.59 Å². The highest BCUT2D eigenvalue weighted by Gasteiger charge is 2.05. The number of unbranched alkanes of at least 4 members (excludes halogenated alkanes) is 5. The van der Waals surface area contributed by atoms with E-state index < -0.39 is 0 Å². The molecule has 130 valence electrons. The van der Waals surface area contributed by atoms with Gasteiger partial charge in [0, 0.05) is 12.8 Å². The van der Waals surface area contributed by atoms with Crippen molar-refractivity contribution in [2.75, 3.05) is 13.2 Å². The molecule has 4 heteroatoms. The molecule has 0 saturated carbocycles. The molecule has 0 N–H and O–H groups in total. The highest BCUT2D eigenvalue weighted by molar-refractivity contribution is 5.69. The molecule has 0 aromatic carbocycles. The van der Waals surface area contributed by atoms with Crippen molar-refractivity contribution in [1.82, 2.24) is 0 Å². The van der Waals surface area contributed by atoms with Crippen molar-refractivity contribution in [3.63, 3.8) is 0 Å². The molecule has 4 nitrogen and oxygen atoms in total. The Morgan fingerprint density at radius 2 is 0.955 bits per heavy atom. The molecule has 0 saturated heterocycles. The number of esters is 2. The summed E-state index contributed by atoms with van der Waals surface area (Å²) in [5.41, 5.74) is 0. The van der Waals surface area contributed by atoms with E-state index in [0.29, 0.717) is 37.9 Å². The first-order valence-electron chi connectivity index (χ1n) is 8.73. The Hall–Kier alpha value is -1.06. The molecule has 0 spiro atoms. The average Bonchev–Trinajstić information content (AvgIpc) is 2.45. The van der Waals surface area contributed by atoms with Crippen LogP contribution in [0.1, 0.15) is 79.1 Å². The lowest BCUT2D eigenvalue weighted by atomic mass is 10.1. The summed E-state index contributed by atoms with van der Waals surface area (Å²) in [5.74, 6) is 0.635.